The Kier molecular flexibility index (Phi) is 5.76. The number of amides is 1. The maximum absolute atomic E-state index is 13.5. The van der Waals surface area contributed by atoms with E-state index in [-0.39, 0.29) is 48.6 Å². The van der Waals surface area contributed by atoms with Gasteiger partial charge in [-0.1, -0.05) is 47.1 Å². The third-order valence-corrected chi connectivity index (χ3v) is 7.69. The molecule has 0 spiro atoms. The highest BCUT2D eigenvalue weighted by atomic mass is 32.2. The van der Waals surface area contributed by atoms with Gasteiger partial charge in [0, 0.05) is 31.7 Å². The lowest BCUT2D eigenvalue weighted by atomic mass is 10.1. The quantitative estimate of drug-likeness (QED) is 0.432. The summed E-state index contributed by atoms with van der Waals surface area (Å²) in [5.41, 5.74) is 2.22. The first-order valence-electron chi connectivity index (χ1n) is 10.8. The van der Waals surface area contributed by atoms with Gasteiger partial charge in [-0.25, -0.2) is 8.42 Å². The van der Waals surface area contributed by atoms with Crippen LogP contribution in [-0.2, 0) is 10.0 Å². The SMILES string of the molecule is Cc1ccc(-c2noc(-c3ccccc3S(=O)(=O)N3CCN(C(=O)c4ccco4)CC3)n2)cc1. The largest absolute Gasteiger partial charge is 0.459 e. The number of carbonyl (C=O) groups excluding carboxylic acids is 1. The topological polar surface area (TPSA) is 110 Å². The van der Waals surface area contributed by atoms with Gasteiger partial charge >= 0.3 is 0 Å². The fourth-order valence-corrected chi connectivity index (χ4v) is 5.45. The normalized spacial score (nSPS) is 14.9. The van der Waals surface area contributed by atoms with Crippen molar-refractivity contribution in [1.29, 1.82) is 0 Å². The van der Waals surface area contributed by atoms with Crippen LogP contribution < -0.4 is 0 Å². The molecule has 0 radical (unpaired) electrons. The van der Waals surface area contributed by atoms with E-state index in [1.54, 1.807) is 35.2 Å². The second-order valence-corrected chi connectivity index (χ2v) is 9.87. The maximum atomic E-state index is 13.5. The van der Waals surface area contributed by atoms with E-state index in [2.05, 4.69) is 10.1 Å². The van der Waals surface area contributed by atoms with Crippen molar-refractivity contribution in [2.45, 2.75) is 11.8 Å². The van der Waals surface area contributed by atoms with Gasteiger partial charge in [0.2, 0.25) is 15.8 Å². The molecule has 10 heteroatoms. The Hall–Kier alpha value is -3.76. The van der Waals surface area contributed by atoms with E-state index in [1.165, 1.54) is 16.6 Å². The van der Waals surface area contributed by atoms with Crippen LogP contribution in [0.15, 0.2) is 80.8 Å². The van der Waals surface area contributed by atoms with E-state index in [9.17, 15) is 13.2 Å². The molecule has 0 saturated carbocycles. The van der Waals surface area contributed by atoms with Crippen LogP contribution in [0.3, 0.4) is 0 Å². The smallest absolute Gasteiger partial charge is 0.289 e. The molecule has 1 amide bonds. The Bertz CT molecular complexity index is 1400. The number of nitrogens with zero attached hydrogens (tertiary/aromatic N) is 4. The van der Waals surface area contributed by atoms with Gasteiger partial charge in [0.15, 0.2) is 5.76 Å². The first kappa shape index (κ1) is 22.1. The Balaban J connectivity index is 1.38. The van der Waals surface area contributed by atoms with Crippen LogP contribution in [-0.4, -0.2) is 59.8 Å². The molecule has 0 atom stereocenters. The van der Waals surface area contributed by atoms with Crippen LogP contribution in [0.1, 0.15) is 16.1 Å². The van der Waals surface area contributed by atoms with Gasteiger partial charge in [-0.05, 0) is 31.2 Å². The number of sulfonamides is 1. The average molecular weight is 479 g/mol. The van der Waals surface area contributed by atoms with Gasteiger partial charge in [0.05, 0.1) is 16.7 Å². The van der Waals surface area contributed by atoms with Crippen molar-refractivity contribution in [1.82, 2.24) is 19.3 Å². The number of hydrogen-bond acceptors (Lipinski definition) is 7. The molecule has 9 nitrogen and oxygen atoms in total. The molecule has 0 N–H and O–H groups in total. The van der Waals surface area contributed by atoms with Crippen LogP contribution >= 0.6 is 0 Å². The number of furan rings is 1. The summed E-state index contributed by atoms with van der Waals surface area (Å²) in [6.45, 7) is 2.85. The lowest BCUT2D eigenvalue weighted by Crippen LogP contribution is -2.50. The van der Waals surface area contributed by atoms with E-state index < -0.39 is 10.0 Å². The minimum atomic E-state index is -3.86. The Morgan fingerprint density at radius 2 is 1.68 bits per heavy atom. The van der Waals surface area contributed by atoms with Gasteiger partial charge in [-0.2, -0.15) is 9.29 Å². The fourth-order valence-electron chi connectivity index (χ4n) is 3.85. The van der Waals surface area contributed by atoms with Crippen molar-refractivity contribution in [3.63, 3.8) is 0 Å². The molecule has 3 heterocycles. The van der Waals surface area contributed by atoms with E-state index in [4.69, 9.17) is 8.94 Å². The summed E-state index contributed by atoms with van der Waals surface area (Å²) in [5.74, 6) is 0.494. The molecule has 1 aliphatic heterocycles. The molecular weight excluding hydrogens is 456 g/mol. The van der Waals surface area contributed by atoms with E-state index >= 15 is 0 Å². The molecule has 1 aliphatic rings. The van der Waals surface area contributed by atoms with Gasteiger partial charge in [0.1, 0.15) is 0 Å². The van der Waals surface area contributed by atoms with E-state index in [1.807, 2.05) is 31.2 Å². The van der Waals surface area contributed by atoms with Crippen LogP contribution in [0.4, 0.5) is 0 Å². The zero-order valence-corrected chi connectivity index (χ0v) is 19.2. The molecule has 34 heavy (non-hydrogen) atoms. The molecule has 5 rings (SSSR count). The van der Waals surface area contributed by atoms with E-state index in [0.29, 0.717) is 11.4 Å². The molecule has 0 unspecified atom stereocenters. The summed E-state index contributed by atoms with van der Waals surface area (Å²) in [4.78, 5) is 18.6. The summed E-state index contributed by atoms with van der Waals surface area (Å²) in [6, 6.07) is 17.5. The molecular formula is C24H22N4O5S. The first-order chi connectivity index (χ1) is 16.4. The number of aryl methyl sites for hydroxylation is 1. The number of carbonyl (C=O) groups is 1. The average Bonchev–Trinajstić information content (AvgIpc) is 3.57. The van der Waals surface area contributed by atoms with Crippen LogP contribution in [0.25, 0.3) is 22.8 Å². The summed E-state index contributed by atoms with van der Waals surface area (Å²) in [6.07, 6.45) is 1.44. The lowest BCUT2D eigenvalue weighted by Gasteiger charge is -2.33. The molecule has 2 aromatic heterocycles. The van der Waals surface area contributed by atoms with Crippen LogP contribution in [0.2, 0.25) is 0 Å². The number of hydrogen-bond donors (Lipinski definition) is 0. The van der Waals surface area contributed by atoms with Crippen molar-refractivity contribution < 1.29 is 22.2 Å². The predicted octanol–water partition coefficient (Wildman–Crippen LogP) is 3.45. The van der Waals surface area contributed by atoms with Gasteiger partial charge < -0.3 is 13.8 Å². The molecule has 0 bridgehead atoms. The maximum Gasteiger partial charge on any atom is 0.289 e. The first-order valence-corrected chi connectivity index (χ1v) is 12.2. The highest BCUT2D eigenvalue weighted by Gasteiger charge is 2.33. The number of piperazine rings is 1. The van der Waals surface area contributed by atoms with Gasteiger partial charge in [-0.3, -0.25) is 4.79 Å². The third kappa shape index (κ3) is 4.13. The molecule has 0 aliphatic carbocycles. The lowest BCUT2D eigenvalue weighted by molar-refractivity contribution is 0.0666. The van der Waals surface area contributed by atoms with Crippen molar-refractivity contribution in [2.24, 2.45) is 0 Å². The van der Waals surface area contributed by atoms with Crippen molar-refractivity contribution in [3.05, 3.63) is 78.3 Å². The third-order valence-electron chi connectivity index (χ3n) is 5.73. The Labute approximate surface area is 196 Å². The standard InChI is InChI=1S/C24H22N4O5S/c1-17-8-10-18(11-9-17)22-25-23(33-26-22)19-5-2-3-7-21(19)34(30,31)28-14-12-27(13-15-28)24(29)20-6-4-16-32-20/h2-11,16H,12-15H2,1H3. The second-order valence-electron chi connectivity index (χ2n) is 7.96. The minimum absolute atomic E-state index is 0.0833. The summed E-state index contributed by atoms with van der Waals surface area (Å²) in [7, 11) is -3.86. The molecule has 4 aromatic rings. The molecule has 1 saturated heterocycles. The van der Waals surface area contributed by atoms with Crippen LogP contribution in [0, 0.1) is 6.92 Å². The fraction of sp³-hybridized carbons (Fsp3) is 0.208. The number of benzene rings is 2. The van der Waals surface area contributed by atoms with Gasteiger partial charge in [-0.15, -0.1) is 0 Å². The number of aromatic nitrogens is 2. The van der Waals surface area contributed by atoms with Crippen molar-refractivity contribution in [3.8, 4) is 22.8 Å². The zero-order valence-electron chi connectivity index (χ0n) is 18.4. The summed E-state index contributed by atoms with van der Waals surface area (Å²) in [5, 5.41) is 4.03. The summed E-state index contributed by atoms with van der Waals surface area (Å²) < 4.78 is 39.0. The highest BCUT2D eigenvalue weighted by Crippen LogP contribution is 2.30. The molecule has 1 fully saturated rings. The highest BCUT2D eigenvalue weighted by molar-refractivity contribution is 7.89. The predicted molar refractivity (Wildman–Crippen MR) is 123 cm³/mol. The molecule has 174 valence electrons. The Morgan fingerprint density at radius 1 is 0.941 bits per heavy atom. The zero-order chi connectivity index (χ0) is 23.7. The molecule has 2 aromatic carbocycles. The van der Waals surface area contributed by atoms with Crippen molar-refractivity contribution in [2.75, 3.05) is 26.2 Å². The van der Waals surface area contributed by atoms with Gasteiger partial charge in [0.25, 0.3) is 11.8 Å². The minimum Gasteiger partial charge on any atom is -0.459 e. The monoisotopic (exact) mass is 478 g/mol. The summed E-state index contributed by atoms with van der Waals surface area (Å²) >= 11 is 0. The number of rotatable bonds is 5. The van der Waals surface area contributed by atoms with Crippen molar-refractivity contribution >= 4 is 15.9 Å². The second kappa shape index (κ2) is 8.88. The van der Waals surface area contributed by atoms with Crippen LogP contribution in [0.5, 0.6) is 0 Å². The van der Waals surface area contributed by atoms with E-state index in [0.717, 1.165) is 11.1 Å². The Morgan fingerprint density at radius 3 is 2.38 bits per heavy atom.